The number of aromatic nitrogens is 1. The molecule has 3 rings (SSSR count). The Labute approximate surface area is 204 Å². The number of anilines is 1. The Hall–Kier alpha value is -1.17. The van der Waals surface area contributed by atoms with Crippen molar-refractivity contribution in [3.8, 4) is 0 Å². The molecule has 176 valence electrons. The molecule has 0 radical (unpaired) electrons. The third-order valence-corrected chi connectivity index (χ3v) is 5.49. The molecule has 31 heavy (non-hydrogen) atoms. The number of nitrogens with zero attached hydrogens (tertiary/aromatic N) is 4. The average Bonchev–Trinajstić information content (AvgIpc) is 3.28. The summed E-state index contributed by atoms with van der Waals surface area (Å²) in [7, 11) is 2.17. The van der Waals surface area contributed by atoms with Crippen LogP contribution in [0, 0.1) is 0 Å². The maximum absolute atomic E-state index is 5.73. The van der Waals surface area contributed by atoms with Gasteiger partial charge in [0.05, 0.1) is 19.3 Å². The lowest BCUT2D eigenvalue weighted by Gasteiger charge is -2.33. The fourth-order valence-electron chi connectivity index (χ4n) is 3.65. The van der Waals surface area contributed by atoms with Crippen LogP contribution in [0.2, 0.25) is 0 Å². The van der Waals surface area contributed by atoms with Crippen LogP contribution in [0.4, 0.5) is 5.82 Å². The Bertz CT molecular complexity index is 649. The zero-order chi connectivity index (χ0) is 21.0. The Kier molecular flexibility index (Phi) is 12.5. The zero-order valence-electron chi connectivity index (χ0n) is 19.0. The van der Waals surface area contributed by atoms with Gasteiger partial charge in [-0.3, -0.25) is 0 Å². The SMILES string of the molecule is CCNC(=NCc1ccnc(N2CCN(C)CC2)c1)NCCCOCC1CCCO1.I. The molecule has 2 N–H and O–H groups in total. The van der Waals surface area contributed by atoms with E-state index in [0.29, 0.717) is 19.3 Å². The van der Waals surface area contributed by atoms with Crippen molar-refractivity contribution in [2.45, 2.75) is 38.8 Å². The van der Waals surface area contributed by atoms with Crippen molar-refractivity contribution in [2.24, 2.45) is 4.99 Å². The van der Waals surface area contributed by atoms with Gasteiger partial charge in [0, 0.05) is 58.7 Å². The summed E-state index contributed by atoms with van der Waals surface area (Å²) in [5, 5.41) is 6.72. The Morgan fingerprint density at radius 3 is 2.87 bits per heavy atom. The quantitative estimate of drug-likeness (QED) is 0.202. The van der Waals surface area contributed by atoms with Gasteiger partial charge in [-0.1, -0.05) is 0 Å². The normalized spacial score (nSPS) is 19.9. The molecule has 2 fully saturated rings. The van der Waals surface area contributed by atoms with Crippen LogP contribution >= 0.6 is 24.0 Å². The van der Waals surface area contributed by atoms with Crippen LogP contribution in [-0.2, 0) is 16.0 Å². The van der Waals surface area contributed by atoms with E-state index in [2.05, 4.69) is 45.5 Å². The highest BCUT2D eigenvalue weighted by atomic mass is 127. The van der Waals surface area contributed by atoms with Crippen molar-refractivity contribution in [3.05, 3.63) is 23.9 Å². The number of piperazine rings is 1. The van der Waals surface area contributed by atoms with Crippen LogP contribution in [0.1, 0.15) is 31.7 Å². The highest BCUT2D eigenvalue weighted by Gasteiger charge is 2.16. The van der Waals surface area contributed by atoms with Crippen LogP contribution in [0.25, 0.3) is 0 Å². The molecule has 0 amide bonds. The van der Waals surface area contributed by atoms with E-state index in [1.165, 1.54) is 5.56 Å². The molecule has 3 heterocycles. The summed E-state index contributed by atoms with van der Waals surface area (Å²) >= 11 is 0. The number of ether oxygens (including phenoxy) is 2. The first kappa shape index (κ1) is 26.1. The number of rotatable bonds is 10. The topological polar surface area (TPSA) is 74.3 Å². The summed E-state index contributed by atoms with van der Waals surface area (Å²) in [6, 6.07) is 4.21. The van der Waals surface area contributed by atoms with Crippen LogP contribution < -0.4 is 15.5 Å². The smallest absolute Gasteiger partial charge is 0.191 e. The van der Waals surface area contributed by atoms with Gasteiger partial charge in [-0.2, -0.15) is 0 Å². The van der Waals surface area contributed by atoms with E-state index < -0.39 is 0 Å². The standard InChI is InChI=1S/C22H38N6O2.HI/c1-3-23-22(25-8-5-14-29-18-20-6-4-15-30-20)26-17-19-7-9-24-21(16-19)28-12-10-27(2)11-13-28;/h7,9,16,20H,3-6,8,10-15,17-18H2,1-2H3,(H2,23,25,26);1H. The first-order valence-corrected chi connectivity index (χ1v) is 11.3. The van der Waals surface area contributed by atoms with E-state index in [1.54, 1.807) is 0 Å². The third kappa shape index (κ3) is 9.46. The van der Waals surface area contributed by atoms with Gasteiger partial charge in [0.1, 0.15) is 5.82 Å². The molecule has 0 aromatic carbocycles. The summed E-state index contributed by atoms with van der Waals surface area (Å²) in [6.07, 6.45) is 5.42. The maximum Gasteiger partial charge on any atom is 0.191 e. The molecule has 1 aromatic rings. The number of likely N-dealkylation sites (N-methyl/N-ethyl adjacent to an activating group) is 1. The molecule has 2 aliphatic heterocycles. The fourth-order valence-corrected chi connectivity index (χ4v) is 3.65. The van der Waals surface area contributed by atoms with Crippen molar-refractivity contribution in [1.82, 2.24) is 20.5 Å². The summed E-state index contributed by atoms with van der Waals surface area (Å²) in [6.45, 7) is 10.9. The largest absolute Gasteiger partial charge is 0.379 e. The first-order chi connectivity index (χ1) is 14.7. The molecule has 0 saturated carbocycles. The summed E-state index contributed by atoms with van der Waals surface area (Å²) in [4.78, 5) is 14.0. The Morgan fingerprint density at radius 2 is 2.13 bits per heavy atom. The summed E-state index contributed by atoms with van der Waals surface area (Å²) in [5.74, 6) is 1.90. The minimum Gasteiger partial charge on any atom is -0.379 e. The number of halogens is 1. The molecule has 0 aliphatic carbocycles. The Balaban J connectivity index is 0.00000341. The second kappa shape index (κ2) is 14.8. The number of pyridine rings is 1. The number of aliphatic imine (C=N–C) groups is 1. The van der Waals surface area contributed by atoms with Crippen LogP contribution in [0.15, 0.2) is 23.3 Å². The van der Waals surface area contributed by atoms with Crippen molar-refractivity contribution in [2.75, 3.05) is 71.0 Å². The van der Waals surface area contributed by atoms with Crippen molar-refractivity contribution < 1.29 is 9.47 Å². The molecule has 1 atom stereocenters. The average molecular weight is 546 g/mol. The second-order valence-corrected chi connectivity index (χ2v) is 8.00. The number of nitrogens with one attached hydrogen (secondary N) is 2. The van der Waals surface area contributed by atoms with Gasteiger partial charge in [-0.15, -0.1) is 24.0 Å². The number of hydrogen-bond acceptors (Lipinski definition) is 6. The molecule has 1 aromatic heterocycles. The van der Waals surface area contributed by atoms with Crippen LogP contribution in [-0.4, -0.2) is 88.1 Å². The Morgan fingerprint density at radius 1 is 1.29 bits per heavy atom. The molecule has 0 bridgehead atoms. The van der Waals surface area contributed by atoms with E-state index in [9.17, 15) is 0 Å². The van der Waals surface area contributed by atoms with Crippen molar-refractivity contribution in [3.63, 3.8) is 0 Å². The third-order valence-electron chi connectivity index (χ3n) is 5.49. The van der Waals surface area contributed by atoms with Gasteiger partial charge in [0.2, 0.25) is 0 Å². The first-order valence-electron chi connectivity index (χ1n) is 11.3. The fraction of sp³-hybridized carbons (Fsp3) is 0.727. The van der Waals surface area contributed by atoms with E-state index in [-0.39, 0.29) is 24.0 Å². The minimum atomic E-state index is 0. The second-order valence-electron chi connectivity index (χ2n) is 8.00. The van der Waals surface area contributed by atoms with Gasteiger partial charge >= 0.3 is 0 Å². The summed E-state index contributed by atoms with van der Waals surface area (Å²) < 4.78 is 11.3. The van der Waals surface area contributed by atoms with Crippen LogP contribution in [0.3, 0.4) is 0 Å². The lowest BCUT2D eigenvalue weighted by Crippen LogP contribution is -2.44. The lowest BCUT2D eigenvalue weighted by atomic mass is 10.2. The maximum atomic E-state index is 5.73. The lowest BCUT2D eigenvalue weighted by molar-refractivity contribution is 0.0168. The molecule has 9 heteroatoms. The summed E-state index contributed by atoms with van der Waals surface area (Å²) in [5.41, 5.74) is 1.18. The monoisotopic (exact) mass is 546 g/mol. The molecular formula is C22H39IN6O2. The van der Waals surface area contributed by atoms with Gasteiger partial charge in [0.15, 0.2) is 5.96 Å². The zero-order valence-corrected chi connectivity index (χ0v) is 21.3. The van der Waals surface area contributed by atoms with Gasteiger partial charge in [-0.25, -0.2) is 9.98 Å². The number of hydrogen-bond donors (Lipinski definition) is 2. The van der Waals surface area contributed by atoms with Crippen molar-refractivity contribution >= 4 is 35.8 Å². The number of guanidine groups is 1. The molecule has 0 spiro atoms. The van der Waals surface area contributed by atoms with E-state index in [4.69, 9.17) is 14.5 Å². The molecular weight excluding hydrogens is 507 g/mol. The predicted molar refractivity (Wildman–Crippen MR) is 137 cm³/mol. The highest BCUT2D eigenvalue weighted by Crippen LogP contribution is 2.15. The van der Waals surface area contributed by atoms with E-state index in [1.807, 2.05) is 12.3 Å². The highest BCUT2D eigenvalue weighted by molar-refractivity contribution is 14.0. The minimum absolute atomic E-state index is 0. The molecule has 2 aliphatic rings. The van der Waals surface area contributed by atoms with Crippen molar-refractivity contribution in [1.29, 1.82) is 0 Å². The van der Waals surface area contributed by atoms with E-state index in [0.717, 1.165) is 83.5 Å². The molecule has 1 unspecified atom stereocenters. The van der Waals surface area contributed by atoms with Gasteiger partial charge in [0.25, 0.3) is 0 Å². The van der Waals surface area contributed by atoms with Crippen LogP contribution in [0.5, 0.6) is 0 Å². The predicted octanol–water partition coefficient (Wildman–Crippen LogP) is 2.09. The molecule has 2 saturated heterocycles. The van der Waals surface area contributed by atoms with E-state index >= 15 is 0 Å². The van der Waals surface area contributed by atoms with Gasteiger partial charge < -0.3 is 29.9 Å². The van der Waals surface area contributed by atoms with Gasteiger partial charge in [-0.05, 0) is 50.9 Å². The molecule has 8 nitrogen and oxygen atoms in total.